The van der Waals surface area contributed by atoms with Crippen LogP contribution in [0.4, 0.5) is 0 Å². The highest BCUT2D eigenvalue weighted by molar-refractivity contribution is 5.94. The normalized spacial score (nSPS) is 11.3. The number of hydrogen-bond acceptors (Lipinski definition) is 5. The molecule has 1 atom stereocenters. The standard InChI is InChI=1S/C10H14O5/c1-4-9(12)15-8(3)6-14-10(13)5-7(2)11/h4,8H,1,5-6H2,2-3H3. The Kier molecular flexibility index (Phi) is 6.01. The number of rotatable bonds is 6. The summed E-state index contributed by atoms with van der Waals surface area (Å²) in [5.41, 5.74) is 0. The fourth-order valence-electron chi connectivity index (χ4n) is 0.745. The highest BCUT2D eigenvalue weighted by atomic mass is 16.6. The van der Waals surface area contributed by atoms with Crippen molar-refractivity contribution in [2.24, 2.45) is 0 Å². The Hall–Kier alpha value is -1.65. The van der Waals surface area contributed by atoms with Crippen LogP contribution in [0, 0.1) is 0 Å². The molecule has 1 unspecified atom stereocenters. The van der Waals surface area contributed by atoms with Crippen molar-refractivity contribution in [2.45, 2.75) is 26.4 Å². The Morgan fingerprint density at radius 3 is 2.47 bits per heavy atom. The number of carbonyl (C=O) groups is 3. The van der Waals surface area contributed by atoms with Crippen LogP contribution < -0.4 is 0 Å². The quantitative estimate of drug-likeness (QED) is 0.368. The number of Topliss-reactive ketones (excluding diaryl/α,β-unsaturated/α-hetero) is 1. The number of carbonyl (C=O) groups excluding carboxylic acids is 3. The van der Waals surface area contributed by atoms with E-state index in [0.717, 1.165) is 6.08 Å². The molecule has 0 spiro atoms. The lowest BCUT2D eigenvalue weighted by molar-refractivity contribution is -0.155. The minimum atomic E-state index is -0.621. The SMILES string of the molecule is C=CC(=O)OC(C)COC(=O)CC(C)=O. The fourth-order valence-corrected chi connectivity index (χ4v) is 0.745. The summed E-state index contributed by atoms with van der Waals surface area (Å²) in [5.74, 6) is -1.47. The fraction of sp³-hybridized carbons (Fsp3) is 0.500. The number of ether oxygens (including phenoxy) is 2. The van der Waals surface area contributed by atoms with Crippen molar-refractivity contribution in [3.05, 3.63) is 12.7 Å². The first-order valence-corrected chi connectivity index (χ1v) is 4.43. The summed E-state index contributed by atoms with van der Waals surface area (Å²) in [4.78, 5) is 32.1. The van der Waals surface area contributed by atoms with Crippen LogP contribution in [0.3, 0.4) is 0 Å². The van der Waals surface area contributed by atoms with Crippen molar-refractivity contribution >= 4 is 17.7 Å². The lowest BCUT2D eigenvalue weighted by Gasteiger charge is -2.11. The van der Waals surface area contributed by atoms with E-state index in [1.807, 2.05) is 0 Å². The summed E-state index contributed by atoms with van der Waals surface area (Å²) in [7, 11) is 0. The van der Waals surface area contributed by atoms with Gasteiger partial charge in [0, 0.05) is 6.08 Å². The van der Waals surface area contributed by atoms with Gasteiger partial charge < -0.3 is 9.47 Å². The first-order valence-electron chi connectivity index (χ1n) is 4.43. The van der Waals surface area contributed by atoms with Gasteiger partial charge in [-0.1, -0.05) is 6.58 Å². The maximum Gasteiger partial charge on any atom is 0.330 e. The van der Waals surface area contributed by atoms with Crippen LogP contribution in [0.2, 0.25) is 0 Å². The van der Waals surface area contributed by atoms with Crippen LogP contribution in [0.1, 0.15) is 20.3 Å². The van der Waals surface area contributed by atoms with Crippen molar-refractivity contribution in [3.8, 4) is 0 Å². The molecule has 84 valence electrons. The monoisotopic (exact) mass is 214 g/mol. The molecule has 0 heterocycles. The Labute approximate surface area is 88.0 Å². The predicted molar refractivity (Wildman–Crippen MR) is 52.0 cm³/mol. The molecule has 5 heteroatoms. The number of ketones is 1. The molecule has 0 aromatic rings. The van der Waals surface area contributed by atoms with Gasteiger partial charge in [0.15, 0.2) is 0 Å². The highest BCUT2D eigenvalue weighted by Crippen LogP contribution is 1.96. The first-order chi connectivity index (χ1) is 6.95. The van der Waals surface area contributed by atoms with E-state index < -0.39 is 18.0 Å². The van der Waals surface area contributed by atoms with Crippen molar-refractivity contribution in [3.63, 3.8) is 0 Å². The van der Waals surface area contributed by atoms with Gasteiger partial charge >= 0.3 is 11.9 Å². The molecular formula is C10H14O5. The van der Waals surface area contributed by atoms with Crippen molar-refractivity contribution < 1.29 is 23.9 Å². The summed E-state index contributed by atoms with van der Waals surface area (Å²) in [5, 5.41) is 0. The Bertz CT molecular complexity index is 269. The van der Waals surface area contributed by atoms with E-state index in [9.17, 15) is 14.4 Å². The van der Waals surface area contributed by atoms with E-state index in [1.54, 1.807) is 6.92 Å². The van der Waals surface area contributed by atoms with Gasteiger partial charge in [0.25, 0.3) is 0 Å². The van der Waals surface area contributed by atoms with Gasteiger partial charge in [-0.15, -0.1) is 0 Å². The minimum Gasteiger partial charge on any atom is -0.461 e. The topological polar surface area (TPSA) is 69.7 Å². The van der Waals surface area contributed by atoms with Gasteiger partial charge in [-0.3, -0.25) is 9.59 Å². The van der Waals surface area contributed by atoms with E-state index >= 15 is 0 Å². The minimum absolute atomic E-state index is 0.0638. The Balaban J connectivity index is 3.75. The highest BCUT2D eigenvalue weighted by Gasteiger charge is 2.11. The third kappa shape index (κ3) is 7.42. The van der Waals surface area contributed by atoms with Crippen molar-refractivity contribution in [1.82, 2.24) is 0 Å². The number of hydrogen-bond donors (Lipinski definition) is 0. The molecule has 5 nitrogen and oxygen atoms in total. The summed E-state index contributed by atoms with van der Waals surface area (Å²) < 4.78 is 9.42. The maximum atomic E-state index is 10.9. The maximum absolute atomic E-state index is 10.9. The van der Waals surface area contributed by atoms with Gasteiger partial charge in [0.2, 0.25) is 0 Å². The molecule has 0 fully saturated rings. The summed E-state index contributed by atoms with van der Waals surface area (Å²) >= 11 is 0. The van der Waals surface area contributed by atoms with Gasteiger partial charge in [-0.25, -0.2) is 4.79 Å². The predicted octanol–water partition coefficient (Wildman–Crippen LogP) is 0.626. The van der Waals surface area contributed by atoms with Crippen molar-refractivity contribution in [2.75, 3.05) is 6.61 Å². The lowest BCUT2D eigenvalue weighted by Crippen LogP contribution is -2.22. The molecule has 0 rings (SSSR count). The van der Waals surface area contributed by atoms with E-state index in [2.05, 4.69) is 11.3 Å². The van der Waals surface area contributed by atoms with Crippen LogP contribution >= 0.6 is 0 Å². The second kappa shape index (κ2) is 6.75. The molecule has 0 N–H and O–H groups in total. The first kappa shape index (κ1) is 13.4. The van der Waals surface area contributed by atoms with Crippen molar-refractivity contribution in [1.29, 1.82) is 0 Å². The number of esters is 2. The van der Waals surface area contributed by atoms with E-state index in [0.29, 0.717) is 0 Å². The molecule has 0 amide bonds. The molecule has 0 aliphatic rings. The lowest BCUT2D eigenvalue weighted by atomic mass is 10.3. The zero-order chi connectivity index (χ0) is 11.8. The van der Waals surface area contributed by atoms with Gasteiger partial charge in [0.05, 0.1) is 0 Å². The van der Waals surface area contributed by atoms with Crippen LogP contribution in [0.5, 0.6) is 0 Å². The second-order valence-corrected chi connectivity index (χ2v) is 3.01. The molecule has 0 bridgehead atoms. The Morgan fingerprint density at radius 1 is 1.40 bits per heavy atom. The molecule has 0 aliphatic carbocycles. The average molecular weight is 214 g/mol. The molecule has 0 aliphatic heterocycles. The van der Waals surface area contributed by atoms with Gasteiger partial charge in [-0.2, -0.15) is 0 Å². The smallest absolute Gasteiger partial charge is 0.330 e. The largest absolute Gasteiger partial charge is 0.461 e. The van der Waals surface area contributed by atoms with Gasteiger partial charge in [0.1, 0.15) is 24.9 Å². The molecule has 0 saturated carbocycles. The average Bonchev–Trinajstić information content (AvgIpc) is 2.13. The molecular weight excluding hydrogens is 200 g/mol. The zero-order valence-corrected chi connectivity index (χ0v) is 8.82. The molecule has 15 heavy (non-hydrogen) atoms. The summed E-state index contributed by atoms with van der Waals surface area (Å²) in [6.07, 6.45) is 0.210. The molecule has 0 aromatic heterocycles. The zero-order valence-electron chi connectivity index (χ0n) is 8.82. The van der Waals surface area contributed by atoms with E-state index in [-0.39, 0.29) is 18.8 Å². The summed E-state index contributed by atoms with van der Waals surface area (Å²) in [6, 6.07) is 0. The Morgan fingerprint density at radius 2 is 2.00 bits per heavy atom. The third-order valence-electron chi connectivity index (χ3n) is 1.36. The molecule has 0 radical (unpaired) electrons. The van der Waals surface area contributed by atoms with Crippen LogP contribution in [-0.4, -0.2) is 30.4 Å². The third-order valence-corrected chi connectivity index (χ3v) is 1.36. The van der Waals surface area contributed by atoms with Crippen LogP contribution in [0.25, 0.3) is 0 Å². The van der Waals surface area contributed by atoms with Gasteiger partial charge in [-0.05, 0) is 13.8 Å². The van der Waals surface area contributed by atoms with Crippen LogP contribution in [-0.2, 0) is 23.9 Å². The summed E-state index contributed by atoms with van der Waals surface area (Å²) in [6.45, 7) is 6.02. The van der Waals surface area contributed by atoms with Crippen LogP contribution in [0.15, 0.2) is 12.7 Å². The van der Waals surface area contributed by atoms with E-state index in [4.69, 9.17) is 4.74 Å². The van der Waals surface area contributed by atoms with E-state index in [1.165, 1.54) is 6.92 Å². The molecule has 0 aromatic carbocycles. The molecule has 0 saturated heterocycles. The second-order valence-electron chi connectivity index (χ2n) is 3.01.